The highest BCUT2D eigenvalue weighted by Crippen LogP contribution is 2.19. The van der Waals surface area contributed by atoms with Gasteiger partial charge in [0.1, 0.15) is 0 Å². The number of aliphatic hydroxyl groups excluding tert-OH is 1. The number of aryl methyl sites for hydroxylation is 2. The molecule has 1 heterocycles. The SMILES string of the molecule is CCCCc1ccn(-c2ccc(C)cc2)c1CO. The Morgan fingerprint density at radius 1 is 1.11 bits per heavy atom. The minimum atomic E-state index is 0.0971. The maximum Gasteiger partial charge on any atom is 0.0839 e. The average molecular weight is 243 g/mol. The van der Waals surface area contributed by atoms with Crippen molar-refractivity contribution in [3.05, 3.63) is 53.3 Å². The number of unbranched alkanes of at least 4 members (excludes halogenated alkanes) is 1. The minimum Gasteiger partial charge on any atom is -0.390 e. The zero-order valence-electron chi connectivity index (χ0n) is 11.2. The predicted molar refractivity (Wildman–Crippen MR) is 75.0 cm³/mol. The Labute approximate surface area is 109 Å². The fraction of sp³-hybridized carbons (Fsp3) is 0.375. The van der Waals surface area contributed by atoms with Crippen molar-refractivity contribution in [2.24, 2.45) is 0 Å². The molecule has 2 heteroatoms. The van der Waals surface area contributed by atoms with Gasteiger partial charge in [0.05, 0.1) is 12.3 Å². The Kier molecular flexibility index (Phi) is 4.21. The van der Waals surface area contributed by atoms with Crippen LogP contribution in [0.5, 0.6) is 0 Å². The van der Waals surface area contributed by atoms with E-state index in [0.717, 1.165) is 17.8 Å². The molecular weight excluding hydrogens is 222 g/mol. The first-order chi connectivity index (χ1) is 8.76. The second kappa shape index (κ2) is 5.87. The molecule has 18 heavy (non-hydrogen) atoms. The third-order valence-corrected chi connectivity index (χ3v) is 3.35. The molecule has 0 saturated carbocycles. The lowest BCUT2D eigenvalue weighted by atomic mass is 10.1. The first kappa shape index (κ1) is 12.9. The number of hydrogen-bond acceptors (Lipinski definition) is 1. The Morgan fingerprint density at radius 2 is 1.83 bits per heavy atom. The molecule has 1 aromatic carbocycles. The van der Waals surface area contributed by atoms with Gasteiger partial charge in [0.2, 0.25) is 0 Å². The molecular formula is C16H21NO. The maximum atomic E-state index is 9.58. The van der Waals surface area contributed by atoms with Crippen LogP contribution in [0.2, 0.25) is 0 Å². The lowest BCUT2D eigenvalue weighted by Gasteiger charge is -2.09. The number of benzene rings is 1. The summed E-state index contributed by atoms with van der Waals surface area (Å²) in [6.07, 6.45) is 5.46. The van der Waals surface area contributed by atoms with Crippen LogP contribution in [-0.2, 0) is 13.0 Å². The van der Waals surface area contributed by atoms with Gasteiger partial charge in [-0.1, -0.05) is 31.0 Å². The molecule has 0 fully saturated rings. The van der Waals surface area contributed by atoms with Crippen LogP contribution in [0.4, 0.5) is 0 Å². The van der Waals surface area contributed by atoms with Gasteiger partial charge in [-0.25, -0.2) is 0 Å². The van der Waals surface area contributed by atoms with E-state index in [1.54, 1.807) is 0 Å². The first-order valence-electron chi connectivity index (χ1n) is 6.63. The summed E-state index contributed by atoms with van der Waals surface area (Å²) in [5.41, 5.74) is 4.65. The van der Waals surface area contributed by atoms with Gasteiger partial charge in [0.15, 0.2) is 0 Å². The smallest absolute Gasteiger partial charge is 0.0839 e. The van der Waals surface area contributed by atoms with Gasteiger partial charge < -0.3 is 9.67 Å². The third kappa shape index (κ3) is 2.65. The Morgan fingerprint density at radius 3 is 2.44 bits per heavy atom. The van der Waals surface area contributed by atoms with Crippen molar-refractivity contribution in [1.29, 1.82) is 0 Å². The summed E-state index contributed by atoms with van der Waals surface area (Å²) in [4.78, 5) is 0. The van der Waals surface area contributed by atoms with Crippen molar-refractivity contribution in [3.63, 3.8) is 0 Å². The van der Waals surface area contributed by atoms with Crippen LogP contribution in [0.3, 0.4) is 0 Å². The quantitative estimate of drug-likeness (QED) is 0.852. The van der Waals surface area contributed by atoms with Crippen LogP contribution in [-0.4, -0.2) is 9.67 Å². The zero-order chi connectivity index (χ0) is 13.0. The predicted octanol–water partition coefficient (Wildman–Crippen LogP) is 3.62. The summed E-state index contributed by atoms with van der Waals surface area (Å²) in [5.74, 6) is 0. The Bertz CT molecular complexity index is 496. The highest BCUT2D eigenvalue weighted by molar-refractivity contribution is 5.39. The fourth-order valence-corrected chi connectivity index (χ4v) is 2.23. The molecule has 0 atom stereocenters. The number of aliphatic hydroxyl groups is 1. The second-order valence-corrected chi connectivity index (χ2v) is 4.75. The summed E-state index contributed by atoms with van der Waals surface area (Å²) in [5, 5.41) is 9.58. The van der Waals surface area contributed by atoms with Gasteiger partial charge in [-0.3, -0.25) is 0 Å². The van der Waals surface area contributed by atoms with Crippen LogP contribution in [0.25, 0.3) is 5.69 Å². The molecule has 2 rings (SSSR count). The largest absolute Gasteiger partial charge is 0.390 e. The standard InChI is InChI=1S/C16H21NO/c1-3-4-5-14-10-11-17(16(14)12-18)15-8-6-13(2)7-9-15/h6-11,18H,3-5,12H2,1-2H3. The van der Waals surface area contributed by atoms with E-state index in [1.807, 2.05) is 0 Å². The molecule has 2 nitrogen and oxygen atoms in total. The molecule has 1 N–H and O–H groups in total. The van der Waals surface area contributed by atoms with Crippen molar-refractivity contribution >= 4 is 0 Å². The van der Waals surface area contributed by atoms with Gasteiger partial charge in [-0.15, -0.1) is 0 Å². The van der Waals surface area contributed by atoms with Crippen molar-refractivity contribution in [1.82, 2.24) is 4.57 Å². The van der Waals surface area contributed by atoms with E-state index in [1.165, 1.54) is 24.0 Å². The Hall–Kier alpha value is -1.54. The lowest BCUT2D eigenvalue weighted by Crippen LogP contribution is -2.01. The highest BCUT2D eigenvalue weighted by Gasteiger charge is 2.09. The number of nitrogens with zero attached hydrogens (tertiary/aromatic N) is 1. The van der Waals surface area contributed by atoms with E-state index >= 15 is 0 Å². The van der Waals surface area contributed by atoms with E-state index in [9.17, 15) is 5.11 Å². The van der Waals surface area contributed by atoms with E-state index in [0.29, 0.717) is 0 Å². The number of hydrogen-bond donors (Lipinski definition) is 1. The van der Waals surface area contributed by atoms with E-state index in [4.69, 9.17) is 0 Å². The molecule has 1 aromatic heterocycles. The molecule has 0 bridgehead atoms. The fourth-order valence-electron chi connectivity index (χ4n) is 2.23. The maximum absolute atomic E-state index is 9.58. The van der Waals surface area contributed by atoms with Crippen LogP contribution in [0, 0.1) is 6.92 Å². The van der Waals surface area contributed by atoms with E-state index in [2.05, 4.69) is 54.9 Å². The molecule has 0 saturated heterocycles. The minimum absolute atomic E-state index is 0.0971. The first-order valence-corrected chi connectivity index (χ1v) is 6.63. The molecule has 0 radical (unpaired) electrons. The number of aromatic nitrogens is 1. The zero-order valence-corrected chi connectivity index (χ0v) is 11.2. The van der Waals surface area contributed by atoms with Gasteiger partial charge in [0.25, 0.3) is 0 Å². The van der Waals surface area contributed by atoms with Crippen molar-refractivity contribution in [3.8, 4) is 5.69 Å². The summed E-state index contributed by atoms with van der Waals surface area (Å²) < 4.78 is 2.09. The lowest BCUT2D eigenvalue weighted by molar-refractivity contribution is 0.273. The molecule has 0 unspecified atom stereocenters. The molecule has 0 spiro atoms. The topological polar surface area (TPSA) is 25.2 Å². The van der Waals surface area contributed by atoms with Crippen molar-refractivity contribution < 1.29 is 5.11 Å². The van der Waals surface area contributed by atoms with E-state index < -0.39 is 0 Å². The van der Waals surface area contributed by atoms with Gasteiger partial charge in [-0.2, -0.15) is 0 Å². The van der Waals surface area contributed by atoms with Crippen molar-refractivity contribution in [2.75, 3.05) is 0 Å². The van der Waals surface area contributed by atoms with Gasteiger partial charge in [0, 0.05) is 11.9 Å². The normalized spacial score (nSPS) is 10.8. The third-order valence-electron chi connectivity index (χ3n) is 3.35. The van der Waals surface area contributed by atoms with E-state index in [-0.39, 0.29) is 6.61 Å². The summed E-state index contributed by atoms with van der Waals surface area (Å²) >= 11 is 0. The van der Waals surface area contributed by atoms with Crippen LogP contribution < -0.4 is 0 Å². The Balaban J connectivity index is 2.33. The van der Waals surface area contributed by atoms with Crippen molar-refractivity contribution in [2.45, 2.75) is 39.7 Å². The molecule has 0 aliphatic carbocycles. The highest BCUT2D eigenvalue weighted by atomic mass is 16.3. The summed E-state index contributed by atoms with van der Waals surface area (Å²) in [6, 6.07) is 10.5. The van der Waals surface area contributed by atoms with Crippen LogP contribution >= 0.6 is 0 Å². The summed E-state index contributed by atoms with van der Waals surface area (Å²) in [7, 11) is 0. The van der Waals surface area contributed by atoms with Gasteiger partial charge in [-0.05, 0) is 43.5 Å². The summed E-state index contributed by atoms with van der Waals surface area (Å²) in [6.45, 7) is 4.37. The van der Waals surface area contributed by atoms with Crippen LogP contribution in [0.15, 0.2) is 36.5 Å². The monoisotopic (exact) mass is 243 g/mol. The van der Waals surface area contributed by atoms with Gasteiger partial charge >= 0.3 is 0 Å². The molecule has 0 aliphatic rings. The molecule has 96 valence electrons. The second-order valence-electron chi connectivity index (χ2n) is 4.75. The average Bonchev–Trinajstić information content (AvgIpc) is 2.80. The molecule has 2 aromatic rings. The number of rotatable bonds is 5. The van der Waals surface area contributed by atoms with Crippen LogP contribution in [0.1, 0.15) is 36.6 Å². The molecule has 0 aliphatic heterocycles. The molecule has 0 amide bonds.